The summed E-state index contributed by atoms with van der Waals surface area (Å²) in [5.74, 6) is 0. The van der Waals surface area contributed by atoms with Gasteiger partial charge >= 0.3 is 0 Å². The summed E-state index contributed by atoms with van der Waals surface area (Å²) in [6.45, 7) is 4.37. The molecule has 124 valence electrons. The van der Waals surface area contributed by atoms with Gasteiger partial charge < -0.3 is 20.1 Å². The average molecular weight is 298 g/mol. The first-order valence-electron chi connectivity index (χ1n) is 8.71. The van der Waals surface area contributed by atoms with Crippen LogP contribution in [0.4, 0.5) is 0 Å². The Kier molecular flexibility index (Phi) is 6.48. The molecule has 0 atom stereocenters. The van der Waals surface area contributed by atoms with E-state index in [9.17, 15) is 5.11 Å². The van der Waals surface area contributed by atoms with E-state index in [-0.39, 0.29) is 0 Å². The summed E-state index contributed by atoms with van der Waals surface area (Å²) in [5.41, 5.74) is -0.153. The highest BCUT2D eigenvalue weighted by molar-refractivity contribution is 4.89. The van der Waals surface area contributed by atoms with E-state index in [1.165, 1.54) is 38.5 Å². The van der Waals surface area contributed by atoms with Crippen LogP contribution in [0, 0.1) is 5.41 Å². The normalized spacial score (nSPS) is 25.7. The topological polar surface area (TPSA) is 44.7 Å². The number of ether oxygens (including phenoxy) is 1. The van der Waals surface area contributed by atoms with Gasteiger partial charge in [-0.25, -0.2) is 0 Å². The number of hydrogen-bond acceptors (Lipinski definition) is 4. The van der Waals surface area contributed by atoms with Crippen LogP contribution in [-0.4, -0.2) is 62.6 Å². The lowest BCUT2D eigenvalue weighted by atomic mass is 9.79. The molecular weight excluding hydrogens is 264 g/mol. The molecule has 0 bridgehead atoms. The Morgan fingerprint density at radius 1 is 1.00 bits per heavy atom. The van der Waals surface area contributed by atoms with Crippen LogP contribution in [0.5, 0.6) is 0 Å². The molecule has 1 saturated carbocycles. The number of rotatable bonds is 6. The standard InChI is InChI=1S/C17H34N2O2/c1-18-13-16(7-5-3-4-6-8-16)14-19(2)15-17(20)9-11-21-12-10-17/h18,20H,3-15H2,1-2H3. The van der Waals surface area contributed by atoms with Crippen LogP contribution in [0.15, 0.2) is 0 Å². The van der Waals surface area contributed by atoms with Gasteiger partial charge in [-0.3, -0.25) is 0 Å². The van der Waals surface area contributed by atoms with Crippen LogP contribution in [0.25, 0.3) is 0 Å². The lowest BCUT2D eigenvalue weighted by Gasteiger charge is -2.41. The SMILES string of the molecule is CNCC1(CN(C)CC2(O)CCOCC2)CCCCCC1. The minimum absolute atomic E-state index is 0.390. The monoisotopic (exact) mass is 298 g/mol. The van der Waals surface area contributed by atoms with E-state index >= 15 is 0 Å². The number of likely N-dealkylation sites (N-methyl/N-ethyl adjacent to an activating group) is 1. The fraction of sp³-hybridized carbons (Fsp3) is 1.00. The van der Waals surface area contributed by atoms with E-state index in [2.05, 4.69) is 24.3 Å². The van der Waals surface area contributed by atoms with Crippen LogP contribution in [0.1, 0.15) is 51.4 Å². The van der Waals surface area contributed by atoms with Crippen LogP contribution in [0.3, 0.4) is 0 Å². The zero-order valence-electron chi connectivity index (χ0n) is 14.0. The molecule has 1 heterocycles. The molecule has 2 fully saturated rings. The van der Waals surface area contributed by atoms with Gasteiger partial charge in [-0.2, -0.15) is 0 Å². The number of hydrogen-bond donors (Lipinski definition) is 2. The molecule has 1 aliphatic carbocycles. The van der Waals surface area contributed by atoms with Gasteiger partial charge in [0.15, 0.2) is 0 Å². The summed E-state index contributed by atoms with van der Waals surface area (Å²) in [6, 6.07) is 0. The quantitative estimate of drug-likeness (QED) is 0.737. The molecule has 0 amide bonds. The van der Waals surface area contributed by atoms with Crippen LogP contribution in [-0.2, 0) is 4.74 Å². The van der Waals surface area contributed by atoms with E-state index in [4.69, 9.17) is 4.74 Å². The predicted molar refractivity (Wildman–Crippen MR) is 86.6 cm³/mol. The molecule has 0 spiro atoms. The van der Waals surface area contributed by atoms with Gasteiger partial charge in [0.25, 0.3) is 0 Å². The lowest BCUT2D eigenvalue weighted by molar-refractivity contribution is -0.0807. The summed E-state index contributed by atoms with van der Waals surface area (Å²) in [7, 11) is 4.24. The molecule has 4 nitrogen and oxygen atoms in total. The van der Waals surface area contributed by atoms with Crippen molar-refractivity contribution in [1.29, 1.82) is 0 Å². The minimum atomic E-state index is -0.543. The minimum Gasteiger partial charge on any atom is -0.388 e. The van der Waals surface area contributed by atoms with E-state index in [1.54, 1.807) is 0 Å². The van der Waals surface area contributed by atoms with Gasteiger partial charge in [-0.15, -0.1) is 0 Å². The molecule has 0 aromatic heterocycles. The van der Waals surface area contributed by atoms with Crippen LogP contribution in [0.2, 0.25) is 0 Å². The molecular formula is C17H34N2O2. The van der Waals surface area contributed by atoms with Gasteiger partial charge in [0.05, 0.1) is 5.60 Å². The molecule has 2 N–H and O–H groups in total. The highest BCUT2D eigenvalue weighted by Gasteiger charge is 2.35. The largest absolute Gasteiger partial charge is 0.388 e. The maximum absolute atomic E-state index is 10.7. The van der Waals surface area contributed by atoms with E-state index in [0.29, 0.717) is 18.6 Å². The maximum Gasteiger partial charge on any atom is 0.0817 e. The Labute approximate surface area is 130 Å². The number of aliphatic hydroxyl groups is 1. The third-order valence-electron chi connectivity index (χ3n) is 5.31. The third-order valence-corrected chi connectivity index (χ3v) is 5.31. The van der Waals surface area contributed by atoms with Crippen molar-refractivity contribution in [3.63, 3.8) is 0 Å². The summed E-state index contributed by atoms with van der Waals surface area (Å²) >= 11 is 0. The summed E-state index contributed by atoms with van der Waals surface area (Å²) in [5, 5.41) is 14.1. The second-order valence-electron chi connectivity index (χ2n) is 7.45. The second-order valence-corrected chi connectivity index (χ2v) is 7.45. The molecule has 4 heteroatoms. The van der Waals surface area contributed by atoms with Crippen molar-refractivity contribution in [3.8, 4) is 0 Å². The van der Waals surface area contributed by atoms with E-state index < -0.39 is 5.60 Å². The van der Waals surface area contributed by atoms with Crippen molar-refractivity contribution in [2.45, 2.75) is 57.0 Å². The van der Waals surface area contributed by atoms with Crippen LogP contribution < -0.4 is 5.32 Å². The van der Waals surface area contributed by atoms with Gasteiger partial charge in [0.1, 0.15) is 0 Å². The molecule has 0 aromatic rings. The van der Waals surface area contributed by atoms with Crippen molar-refractivity contribution in [1.82, 2.24) is 10.2 Å². The zero-order chi connectivity index (χ0) is 15.2. The number of nitrogens with zero attached hydrogens (tertiary/aromatic N) is 1. The Balaban J connectivity index is 1.92. The molecule has 1 aliphatic heterocycles. The fourth-order valence-electron chi connectivity index (χ4n) is 4.28. The number of nitrogens with one attached hydrogen (secondary N) is 1. The third kappa shape index (κ3) is 5.20. The average Bonchev–Trinajstić information content (AvgIpc) is 2.65. The first kappa shape index (κ1) is 17.2. The summed E-state index contributed by atoms with van der Waals surface area (Å²) in [4.78, 5) is 2.37. The van der Waals surface area contributed by atoms with Gasteiger partial charge in [0, 0.05) is 45.7 Å². The Morgan fingerprint density at radius 3 is 2.19 bits per heavy atom. The van der Waals surface area contributed by atoms with Crippen LogP contribution >= 0.6 is 0 Å². The molecule has 0 unspecified atom stereocenters. The van der Waals surface area contributed by atoms with Crippen molar-refractivity contribution in [2.75, 3.05) is 46.9 Å². The second kappa shape index (κ2) is 7.91. The van der Waals surface area contributed by atoms with Gasteiger partial charge in [0.2, 0.25) is 0 Å². The van der Waals surface area contributed by atoms with Gasteiger partial charge in [-0.1, -0.05) is 25.7 Å². The molecule has 0 aromatic carbocycles. The zero-order valence-corrected chi connectivity index (χ0v) is 14.0. The highest BCUT2D eigenvalue weighted by atomic mass is 16.5. The molecule has 1 saturated heterocycles. The predicted octanol–water partition coefficient (Wildman–Crippen LogP) is 2.02. The van der Waals surface area contributed by atoms with Crippen molar-refractivity contribution < 1.29 is 9.84 Å². The fourth-order valence-corrected chi connectivity index (χ4v) is 4.28. The van der Waals surface area contributed by atoms with Gasteiger partial charge in [-0.05, 0) is 32.4 Å². The van der Waals surface area contributed by atoms with Crippen molar-refractivity contribution in [3.05, 3.63) is 0 Å². The van der Waals surface area contributed by atoms with E-state index in [1.807, 2.05) is 0 Å². The smallest absolute Gasteiger partial charge is 0.0817 e. The van der Waals surface area contributed by atoms with E-state index in [0.717, 1.165) is 32.5 Å². The molecule has 2 rings (SSSR count). The molecule has 2 aliphatic rings. The molecule has 0 radical (unpaired) electrons. The Hall–Kier alpha value is -0.160. The summed E-state index contributed by atoms with van der Waals surface area (Å²) in [6.07, 6.45) is 9.67. The van der Waals surface area contributed by atoms with Crippen molar-refractivity contribution >= 4 is 0 Å². The first-order valence-corrected chi connectivity index (χ1v) is 8.71. The first-order chi connectivity index (χ1) is 10.1. The summed E-state index contributed by atoms with van der Waals surface area (Å²) < 4.78 is 5.38. The Bertz CT molecular complexity index is 295. The maximum atomic E-state index is 10.7. The van der Waals surface area contributed by atoms with Crippen molar-refractivity contribution in [2.24, 2.45) is 5.41 Å². The highest BCUT2D eigenvalue weighted by Crippen LogP contribution is 2.35. The molecule has 21 heavy (non-hydrogen) atoms. The lowest BCUT2D eigenvalue weighted by Crippen LogP contribution is -2.49. The Morgan fingerprint density at radius 2 is 1.62 bits per heavy atom.